The molecule has 1 amide bonds. The van der Waals surface area contributed by atoms with Crippen LogP contribution in [0.2, 0.25) is 0 Å². The molecule has 2 fully saturated rings. The van der Waals surface area contributed by atoms with E-state index in [-0.39, 0.29) is 18.1 Å². The fourth-order valence-electron chi connectivity index (χ4n) is 2.59. The third kappa shape index (κ3) is 3.06. The van der Waals surface area contributed by atoms with Crippen molar-refractivity contribution in [1.82, 2.24) is 4.90 Å². The van der Waals surface area contributed by atoms with Gasteiger partial charge in [-0.15, -0.1) is 0 Å². The lowest BCUT2D eigenvalue weighted by Gasteiger charge is -2.36. The van der Waals surface area contributed by atoms with Crippen LogP contribution in [-0.2, 0) is 19.0 Å². The van der Waals surface area contributed by atoms with Crippen LogP contribution in [0.4, 0.5) is 4.79 Å². The summed E-state index contributed by atoms with van der Waals surface area (Å²) in [6.07, 6.45) is 0.260. The minimum Gasteiger partial charge on any atom is -0.460 e. The van der Waals surface area contributed by atoms with Crippen LogP contribution in [0, 0.1) is 0 Å². The summed E-state index contributed by atoms with van der Waals surface area (Å²) in [4.78, 5) is 25.2. The lowest BCUT2D eigenvalue weighted by molar-refractivity contribution is -0.143. The summed E-state index contributed by atoms with van der Waals surface area (Å²) in [7, 11) is 0. The normalized spacial score (nSPS) is 29.4. The van der Waals surface area contributed by atoms with Gasteiger partial charge in [0.1, 0.15) is 17.4 Å². The molecule has 0 aromatic heterocycles. The van der Waals surface area contributed by atoms with E-state index in [2.05, 4.69) is 0 Å². The highest BCUT2D eigenvalue weighted by molar-refractivity contribution is 5.73. The maximum atomic E-state index is 12.4. The SMILES string of the molecule is CC(C)(C)OC(=O)N1[C@H]([C@@H]2CCC(=O)O2)COC1(C)C. The minimum absolute atomic E-state index is 0.219. The van der Waals surface area contributed by atoms with Crippen molar-refractivity contribution >= 4 is 12.1 Å². The highest BCUT2D eigenvalue weighted by Gasteiger charge is 2.50. The maximum Gasteiger partial charge on any atom is 0.413 e. The van der Waals surface area contributed by atoms with E-state index in [1.807, 2.05) is 34.6 Å². The Labute approximate surface area is 119 Å². The van der Waals surface area contributed by atoms with Gasteiger partial charge >= 0.3 is 12.1 Å². The van der Waals surface area contributed by atoms with E-state index in [9.17, 15) is 9.59 Å². The molecule has 2 rings (SSSR count). The molecule has 0 bridgehead atoms. The number of carbonyl (C=O) groups excluding carboxylic acids is 2. The number of rotatable bonds is 1. The van der Waals surface area contributed by atoms with Crippen molar-refractivity contribution in [2.45, 2.75) is 70.9 Å². The van der Waals surface area contributed by atoms with Crippen molar-refractivity contribution in [2.75, 3.05) is 6.61 Å². The van der Waals surface area contributed by atoms with Gasteiger partial charge in [0.25, 0.3) is 0 Å². The lowest BCUT2D eigenvalue weighted by Crippen LogP contribution is -2.53. The van der Waals surface area contributed by atoms with Gasteiger partial charge in [-0.1, -0.05) is 0 Å². The molecule has 2 heterocycles. The number of hydrogen-bond acceptors (Lipinski definition) is 5. The molecule has 0 aromatic carbocycles. The van der Waals surface area contributed by atoms with Gasteiger partial charge in [0.05, 0.1) is 12.6 Å². The number of ether oxygens (including phenoxy) is 3. The molecule has 0 N–H and O–H groups in total. The second-order valence-electron chi connectivity index (χ2n) is 6.74. The molecule has 0 aromatic rings. The fourth-order valence-corrected chi connectivity index (χ4v) is 2.59. The predicted molar refractivity (Wildman–Crippen MR) is 71.0 cm³/mol. The predicted octanol–water partition coefficient (Wildman–Crippen LogP) is 2.06. The largest absolute Gasteiger partial charge is 0.460 e. The monoisotopic (exact) mass is 285 g/mol. The van der Waals surface area contributed by atoms with E-state index in [1.54, 1.807) is 4.90 Å². The van der Waals surface area contributed by atoms with Crippen molar-refractivity contribution in [3.05, 3.63) is 0 Å². The van der Waals surface area contributed by atoms with Gasteiger partial charge in [-0.25, -0.2) is 4.79 Å². The standard InChI is InChI=1S/C14H23NO5/c1-13(2,3)20-12(17)15-9(8-18-14(15,4)5)10-6-7-11(16)19-10/h9-10H,6-8H2,1-5H3/t9-,10-/m0/s1. The van der Waals surface area contributed by atoms with E-state index < -0.39 is 17.4 Å². The van der Waals surface area contributed by atoms with Gasteiger partial charge in [-0.2, -0.15) is 0 Å². The number of carbonyl (C=O) groups is 2. The third-order valence-electron chi connectivity index (χ3n) is 3.45. The van der Waals surface area contributed by atoms with Crippen LogP contribution in [0.15, 0.2) is 0 Å². The number of esters is 1. The van der Waals surface area contributed by atoms with Crippen LogP contribution in [-0.4, -0.2) is 47.0 Å². The molecule has 0 saturated carbocycles. The van der Waals surface area contributed by atoms with E-state index >= 15 is 0 Å². The summed E-state index contributed by atoms with van der Waals surface area (Å²) in [5, 5.41) is 0. The summed E-state index contributed by atoms with van der Waals surface area (Å²) in [5.74, 6) is -0.219. The van der Waals surface area contributed by atoms with E-state index in [0.717, 1.165) is 0 Å². The average Bonchev–Trinajstić information content (AvgIpc) is 2.79. The van der Waals surface area contributed by atoms with Crippen LogP contribution in [0.1, 0.15) is 47.5 Å². The Morgan fingerprint density at radius 3 is 2.55 bits per heavy atom. The van der Waals surface area contributed by atoms with Gasteiger partial charge in [0.15, 0.2) is 0 Å². The molecule has 0 aliphatic carbocycles. The second-order valence-corrected chi connectivity index (χ2v) is 6.74. The maximum absolute atomic E-state index is 12.4. The molecule has 2 atom stereocenters. The van der Waals surface area contributed by atoms with Crippen LogP contribution in [0.25, 0.3) is 0 Å². The summed E-state index contributed by atoms with van der Waals surface area (Å²) in [6, 6.07) is -0.286. The van der Waals surface area contributed by atoms with Gasteiger partial charge in [0, 0.05) is 6.42 Å². The zero-order valence-corrected chi connectivity index (χ0v) is 12.8. The molecule has 20 heavy (non-hydrogen) atoms. The van der Waals surface area contributed by atoms with Crippen molar-refractivity contribution < 1.29 is 23.8 Å². The molecular formula is C14H23NO5. The summed E-state index contributed by atoms with van der Waals surface area (Å²) in [5.41, 5.74) is -1.34. The van der Waals surface area contributed by atoms with E-state index in [0.29, 0.717) is 19.4 Å². The number of hydrogen-bond donors (Lipinski definition) is 0. The van der Waals surface area contributed by atoms with Crippen LogP contribution >= 0.6 is 0 Å². The Balaban J connectivity index is 2.16. The zero-order valence-electron chi connectivity index (χ0n) is 12.8. The van der Waals surface area contributed by atoms with Crippen molar-refractivity contribution in [1.29, 1.82) is 0 Å². The Hall–Kier alpha value is -1.30. The molecule has 114 valence electrons. The quantitative estimate of drug-likeness (QED) is 0.690. The summed E-state index contributed by atoms with van der Waals surface area (Å²) in [6.45, 7) is 9.43. The van der Waals surface area contributed by atoms with Gasteiger partial charge < -0.3 is 14.2 Å². The number of amides is 1. The fraction of sp³-hybridized carbons (Fsp3) is 0.857. The highest BCUT2D eigenvalue weighted by atomic mass is 16.6. The first-order valence-electron chi connectivity index (χ1n) is 6.96. The van der Waals surface area contributed by atoms with Crippen LogP contribution < -0.4 is 0 Å². The number of cyclic esters (lactones) is 1. The first kappa shape index (κ1) is 15.1. The Morgan fingerprint density at radius 1 is 1.40 bits per heavy atom. The van der Waals surface area contributed by atoms with Gasteiger partial charge in [-0.05, 0) is 41.0 Å². The minimum atomic E-state index is -0.762. The molecular weight excluding hydrogens is 262 g/mol. The van der Waals surface area contributed by atoms with Gasteiger partial charge in [-0.3, -0.25) is 9.69 Å². The first-order valence-corrected chi connectivity index (χ1v) is 6.96. The molecule has 0 radical (unpaired) electrons. The zero-order chi connectivity index (χ0) is 15.1. The second kappa shape index (κ2) is 4.91. The molecule has 0 spiro atoms. The van der Waals surface area contributed by atoms with E-state index in [4.69, 9.17) is 14.2 Å². The lowest BCUT2D eigenvalue weighted by atomic mass is 10.1. The van der Waals surface area contributed by atoms with Crippen LogP contribution in [0.3, 0.4) is 0 Å². The number of nitrogens with zero attached hydrogens (tertiary/aromatic N) is 1. The Bertz CT molecular complexity index is 412. The topological polar surface area (TPSA) is 65.1 Å². The summed E-state index contributed by atoms with van der Waals surface area (Å²) < 4.78 is 16.4. The smallest absolute Gasteiger partial charge is 0.413 e. The average molecular weight is 285 g/mol. The molecule has 0 unspecified atom stereocenters. The van der Waals surface area contributed by atoms with Crippen LogP contribution in [0.5, 0.6) is 0 Å². The first-order chi connectivity index (χ1) is 9.10. The highest BCUT2D eigenvalue weighted by Crippen LogP contribution is 2.34. The van der Waals surface area contributed by atoms with Gasteiger partial charge in [0.2, 0.25) is 0 Å². The molecule has 2 aliphatic heterocycles. The Kier molecular flexibility index (Phi) is 3.71. The summed E-state index contributed by atoms with van der Waals surface area (Å²) >= 11 is 0. The van der Waals surface area contributed by atoms with E-state index in [1.165, 1.54) is 0 Å². The Morgan fingerprint density at radius 2 is 2.05 bits per heavy atom. The molecule has 6 heteroatoms. The molecule has 2 aliphatic rings. The van der Waals surface area contributed by atoms with Crippen molar-refractivity contribution in [3.8, 4) is 0 Å². The third-order valence-corrected chi connectivity index (χ3v) is 3.45. The van der Waals surface area contributed by atoms with Crippen molar-refractivity contribution in [3.63, 3.8) is 0 Å². The van der Waals surface area contributed by atoms with Crippen molar-refractivity contribution in [2.24, 2.45) is 0 Å². The molecule has 2 saturated heterocycles. The molecule has 6 nitrogen and oxygen atoms in total.